The molecule has 20 heavy (non-hydrogen) atoms. The standard InChI is InChI=1S/C12H17BrN2O3S2/c13-11-3-4-12(19-11)20(16,17)14-6-10-7-15-5-1-2-9(15)8-18-10/h3-4,9-10,14H,1-2,5-8H2. The molecule has 0 saturated carbocycles. The molecule has 2 unspecified atom stereocenters. The number of rotatable bonds is 4. The molecule has 2 fully saturated rings. The van der Waals surface area contributed by atoms with Crippen LogP contribution in [0.4, 0.5) is 0 Å². The first kappa shape index (κ1) is 14.9. The summed E-state index contributed by atoms with van der Waals surface area (Å²) in [6.45, 7) is 2.98. The van der Waals surface area contributed by atoms with Crippen molar-refractivity contribution in [2.75, 3.05) is 26.2 Å². The molecule has 0 aromatic carbocycles. The number of morpholine rings is 1. The fourth-order valence-corrected chi connectivity index (χ4v) is 5.85. The van der Waals surface area contributed by atoms with Gasteiger partial charge in [0.05, 0.1) is 16.5 Å². The predicted octanol–water partition coefficient (Wildman–Crippen LogP) is 1.65. The SMILES string of the molecule is O=S(=O)(NCC1CN2CCCC2CO1)c1ccc(Br)s1. The Hall–Kier alpha value is 0.01000. The molecule has 1 aromatic rings. The van der Waals surface area contributed by atoms with Crippen molar-refractivity contribution in [2.24, 2.45) is 0 Å². The predicted molar refractivity (Wildman–Crippen MR) is 81.5 cm³/mol. The van der Waals surface area contributed by atoms with E-state index in [0.717, 1.165) is 23.5 Å². The number of halogens is 1. The number of hydrogen-bond acceptors (Lipinski definition) is 5. The van der Waals surface area contributed by atoms with Gasteiger partial charge in [0.25, 0.3) is 0 Å². The molecule has 3 heterocycles. The summed E-state index contributed by atoms with van der Waals surface area (Å²) in [6.07, 6.45) is 2.36. The summed E-state index contributed by atoms with van der Waals surface area (Å²) >= 11 is 4.49. The van der Waals surface area contributed by atoms with Gasteiger partial charge in [-0.25, -0.2) is 13.1 Å². The molecule has 0 bridgehead atoms. The van der Waals surface area contributed by atoms with Gasteiger partial charge < -0.3 is 4.74 Å². The van der Waals surface area contributed by atoms with Gasteiger partial charge in [-0.05, 0) is 47.4 Å². The minimum absolute atomic E-state index is 0.0532. The van der Waals surface area contributed by atoms with Crippen LogP contribution in [0.2, 0.25) is 0 Å². The Balaban J connectivity index is 1.56. The average molecular weight is 381 g/mol. The molecule has 2 saturated heterocycles. The van der Waals surface area contributed by atoms with E-state index in [-0.39, 0.29) is 6.10 Å². The van der Waals surface area contributed by atoms with Crippen LogP contribution >= 0.6 is 27.3 Å². The minimum Gasteiger partial charge on any atom is -0.374 e. The molecule has 112 valence electrons. The fourth-order valence-electron chi connectivity index (χ4n) is 2.73. The fraction of sp³-hybridized carbons (Fsp3) is 0.667. The number of hydrogen-bond donors (Lipinski definition) is 1. The lowest BCUT2D eigenvalue weighted by Crippen LogP contribution is -2.49. The van der Waals surface area contributed by atoms with Crippen molar-refractivity contribution in [3.63, 3.8) is 0 Å². The van der Waals surface area contributed by atoms with Crippen molar-refractivity contribution >= 4 is 37.3 Å². The summed E-state index contributed by atoms with van der Waals surface area (Å²) < 4.78 is 33.8. The molecule has 0 amide bonds. The van der Waals surface area contributed by atoms with Crippen molar-refractivity contribution in [1.29, 1.82) is 0 Å². The maximum Gasteiger partial charge on any atom is 0.250 e. The van der Waals surface area contributed by atoms with Crippen LogP contribution in [0.5, 0.6) is 0 Å². The molecule has 2 aliphatic rings. The largest absolute Gasteiger partial charge is 0.374 e. The number of thiophene rings is 1. The van der Waals surface area contributed by atoms with Gasteiger partial charge in [-0.15, -0.1) is 11.3 Å². The lowest BCUT2D eigenvalue weighted by molar-refractivity contribution is -0.0448. The van der Waals surface area contributed by atoms with Crippen molar-refractivity contribution in [1.82, 2.24) is 9.62 Å². The highest BCUT2D eigenvalue weighted by Crippen LogP contribution is 2.26. The van der Waals surface area contributed by atoms with E-state index >= 15 is 0 Å². The maximum absolute atomic E-state index is 12.1. The highest BCUT2D eigenvalue weighted by Gasteiger charge is 2.32. The molecule has 1 aromatic heterocycles. The van der Waals surface area contributed by atoms with Gasteiger partial charge in [0.2, 0.25) is 10.0 Å². The molecule has 8 heteroatoms. The highest BCUT2D eigenvalue weighted by molar-refractivity contribution is 9.11. The lowest BCUT2D eigenvalue weighted by atomic mass is 10.2. The van der Waals surface area contributed by atoms with Gasteiger partial charge in [-0.3, -0.25) is 4.90 Å². The third-order valence-electron chi connectivity index (χ3n) is 3.78. The third-order valence-corrected chi connectivity index (χ3v) is 7.32. The average Bonchev–Trinajstić information content (AvgIpc) is 3.04. The number of fused-ring (bicyclic) bond motifs is 1. The number of ether oxygens (including phenoxy) is 1. The van der Waals surface area contributed by atoms with Crippen molar-refractivity contribution in [2.45, 2.75) is 29.2 Å². The van der Waals surface area contributed by atoms with Crippen molar-refractivity contribution in [3.8, 4) is 0 Å². The molecular formula is C12H17BrN2O3S2. The Kier molecular flexibility index (Phi) is 4.49. The number of sulfonamides is 1. The first-order valence-corrected chi connectivity index (χ1v) is 9.74. The number of nitrogens with zero attached hydrogens (tertiary/aromatic N) is 1. The van der Waals surface area contributed by atoms with Crippen LogP contribution in [0.15, 0.2) is 20.1 Å². The normalized spacial score (nSPS) is 27.6. The molecule has 2 atom stereocenters. The summed E-state index contributed by atoms with van der Waals surface area (Å²) in [5, 5.41) is 0. The minimum atomic E-state index is -3.42. The van der Waals surface area contributed by atoms with E-state index in [0.29, 0.717) is 16.8 Å². The Morgan fingerprint density at radius 3 is 3.10 bits per heavy atom. The summed E-state index contributed by atoms with van der Waals surface area (Å²) in [6, 6.07) is 3.89. The van der Waals surface area contributed by atoms with Crippen LogP contribution in [0.25, 0.3) is 0 Å². The summed E-state index contributed by atoms with van der Waals surface area (Å²) in [5.74, 6) is 0. The molecular weight excluding hydrogens is 364 g/mol. The second-order valence-corrected chi connectivity index (χ2v) is 9.61. The zero-order valence-electron chi connectivity index (χ0n) is 10.9. The molecule has 3 rings (SSSR count). The summed E-state index contributed by atoms with van der Waals surface area (Å²) in [5.41, 5.74) is 0. The lowest BCUT2D eigenvalue weighted by Gasteiger charge is -2.35. The Bertz CT molecular complexity index is 575. The van der Waals surface area contributed by atoms with Crippen LogP contribution in [-0.2, 0) is 14.8 Å². The van der Waals surface area contributed by atoms with E-state index in [1.807, 2.05) is 0 Å². The molecule has 0 radical (unpaired) electrons. The molecule has 2 aliphatic heterocycles. The van der Waals surface area contributed by atoms with E-state index < -0.39 is 10.0 Å². The van der Waals surface area contributed by atoms with Gasteiger partial charge >= 0.3 is 0 Å². The zero-order chi connectivity index (χ0) is 14.2. The Morgan fingerprint density at radius 1 is 1.50 bits per heavy atom. The van der Waals surface area contributed by atoms with Gasteiger partial charge in [0.15, 0.2) is 0 Å². The first-order valence-electron chi connectivity index (χ1n) is 6.65. The van der Waals surface area contributed by atoms with E-state index in [4.69, 9.17) is 4.74 Å². The topological polar surface area (TPSA) is 58.6 Å². The molecule has 0 spiro atoms. The van der Waals surface area contributed by atoms with Gasteiger partial charge in [-0.1, -0.05) is 0 Å². The van der Waals surface area contributed by atoms with E-state index in [2.05, 4.69) is 25.6 Å². The van der Waals surface area contributed by atoms with Crippen LogP contribution in [0.3, 0.4) is 0 Å². The smallest absolute Gasteiger partial charge is 0.250 e. The number of nitrogens with one attached hydrogen (secondary N) is 1. The zero-order valence-corrected chi connectivity index (χ0v) is 14.1. The molecule has 0 aliphatic carbocycles. The van der Waals surface area contributed by atoms with Gasteiger partial charge in [0, 0.05) is 19.1 Å². The Labute approximate surface area is 131 Å². The first-order chi connectivity index (χ1) is 9.54. The van der Waals surface area contributed by atoms with Crippen molar-refractivity contribution in [3.05, 3.63) is 15.9 Å². The van der Waals surface area contributed by atoms with Crippen LogP contribution in [-0.4, -0.2) is 51.7 Å². The maximum atomic E-state index is 12.1. The van der Waals surface area contributed by atoms with E-state index in [1.54, 1.807) is 12.1 Å². The van der Waals surface area contributed by atoms with Crippen molar-refractivity contribution < 1.29 is 13.2 Å². The van der Waals surface area contributed by atoms with E-state index in [9.17, 15) is 8.42 Å². The summed E-state index contributed by atoms with van der Waals surface area (Å²) in [4.78, 5) is 2.41. The quantitative estimate of drug-likeness (QED) is 0.862. The Morgan fingerprint density at radius 2 is 2.35 bits per heavy atom. The third kappa shape index (κ3) is 3.26. The monoisotopic (exact) mass is 380 g/mol. The molecule has 5 nitrogen and oxygen atoms in total. The molecule has 1 N–H and O–H groups in total. The highest BCUT2D eigenvalue weighted by atomic mass is 79.9. The second-order valence-electron chi connectivity index (χ2n) is 5.16. The van der Waals surface area contributed by atoms with E-state index in [1.165, 1.54) is 24.2 Å². The van der Waals surface area contributed by atoms with Crippen LogP contribution in [0, 0.1) is 0 Å². The van der Waals surface area contributed by atoms with Gasteiger partial charge in [-0.2, -0.15) is 0 Å². The van der Waals surface area contributed by atoms with Crippen LogP contribution in [0.1, 0.15) is 12.8 Å². The van der Waals surface area contributed by atoms with Gasteiger partial charge in [0.1, 0.15) is 4.21 Å². The second kappa shape index (κ2) is 6.02. The summed E-state index contributed by atoms with van der Waals surface area (Å²) in [7, 11) is -3.42. The van der Waals surface area contributed by atoms with Crippen LogP contribution < -0.4 is 4.72 Å².